The average molecular weight is 440 g/mol. The molecule has 2 aromatic rings. The van der Waals surface area contributed by atoms with Gasteiger partial charge in [-0.05, 0) is 57.7 Å². The van der Waals surface area contributed by atoms with Gasteiger partial charge in [0, 0.05) is 38.3 Å². The highest BCUT2D eigenvalue weighted by Crippen LogP contribution is 2.28. The average Bonchev–Trinajstić information content (AvgIpc) is 3.36. The van der Waals surface area contributed by atoms with Crippen molar-refractivity contribution in [3.05, 3.63) is 65.9 Å². The SMILES string of the molecule is C/C(=C(/OC1CCCCC1)[C@H](C)N([NH3+])c1ccccc1)N1CCN(Cc2ccoc2)CC1. The summed E-state index contributed by atoms with van der Waals surface area (Å²) >= 11 is 0. The van der Waals surface area contributed by atoms with E-state index in [4.69, 9.17) is 9.15 Å². The highest BCUT2D eigenvalue weighted by Gasteiger charge is 2.29. The van der Waals surface area contributed by atoms with Gasteiger partial charge in [0.15, 0.2) is 0 Å². The molecule has 3 N–H and O–H groups in total. The molecule has 1 saturated carbocycles. The smallest absolute Gasteiger partial charge is 0.143 e. The van der Waals surface area contributed by atoms with Crippen LogP contribution in [0.4, 0.5) is 5.69 Å². The Morgan fingerprint density at radius 2 is 1.81 bits per heavy atom. The molecule has 1 aromatic heterocycles. The van der Waals surface area contributed by atoms with Crippen molar-refractivity contribution in [2.75, 3.05) is 31.2 Å². The molecule has 1 aliphatic heterocycles. The second-order valence-corrected chi connectivity index (χ2v) is 9.20. The van der Waals surface area contributed by atoms with Gasteiger partial charge in [-0.3, -0.25) is 10.7 Å². The number of rotatable bonds is 8. The molecular formula is C26H39N4O2+. The lowest BCUT2D eigenvalue weighted by Gasteiger charge is -2.39. The maximum absolute atomic E-state index is 6.75. The van der Waals surface area contributed by atoms with Gasteiger partial charge in [-0.2, -0.15) is 0 Å². The molecule has 6 nitrogen and oxygen atoms in total. The normalized spacial score (nSPS) is 20.0. The van der Waals surface area contributed by atoms with Gasteiger partial charge in [-0.25, -0.2) is 5.01 Å². The third-order valence-corrected chi connectivity index (χ3v) is 6.97. The van der Waals surface area contributed by atoms with Crippen LogP contribution in [-0.4, -0.2) is 48.1 Å². The van der Waals surface area contributed by atoms with Gasteiger partial charge >= 0.3 is 0 Å². The molecule has 0 bridgehead atoms. The van der Waals surface area contributed by atoms with Crippen LogP contribution in [-0.2, 0) is 11.3 Å². The summed E-state index contributed by atoms with van der Waals surface area (Å²) < 4.78 is 12.0. The van der Waals surface area contributed by atoms with Gasteiger partial charge < -0.3 is 14.1 Å². The lowest BCUT2D eigenvalue weighted by Crippen LogP contribution is -2.72. The highest BCUT2D eigenvalue weighted by molar-refractivity contribution is 5.45. The van der Waals surface area contributed by atoms with E-state index in [0.29, 0.717) is 6.10 Å². The first-order valence-electron chi connectivity index (χ1n) is 12.1. The zero-order chi connectivity index (χ0) is 22.3. The van der Waals surface area contributed by atoms with Crippen LogP contribution in [0.15, 0.2) is 64.8 Å². The van der Waals surface area contributed by atoms with Crippen molar-refractivity contribution >= 4 is 5.69 Å². The van der Waals surface area contributed by atoms with Crippen molar-refractivity contribution < 1.29 is 15.0 Å². The topological polar surface area (TPSA) is 59.7 Å². The van der Waals surface area contributed by atoms with Crippen LogP contribution in [0.3, 0.4) is 0 Å². The number of hydrogen-bond donors (Lipinski definition) is 1. The summed E-state index contributed by atoms with van der Waals surface area (Å²) in [4.78, 5) is 5.00. The van der Waals surface area contributed by atoms with E-state index >= 15 is 0 Å². The van der Waals surface area contributed by atoms with Gasteiger partial charge in [0.25, 0.3) is 0 Å². The summed E-state index contributed by atoms with van der Waals surface area (Å²) in [6.07, 6.45) is 10.1. The number of quaternary nitrogens is 1. The Hall–Kier alpha value is -2.44. The minimum atomic E-state index is 0.0725. The Bertz CT molecular complexity index is 838. The third kappa shape index (κ3) is 5.67. The minimum absolute atomic E-state index is 0.0725. The first-order valence-corrected chi connectivity index (χ1v) is 12.1. The highest BCUT2D eigenvalue weighted by atomic mass is 16.5. The number of hydrogen-bond acceptors (Lipinski definition) is 5. The van der Waals surface area contributed by atoms with Crippen LogP contribution < -0.4 is 10.9 Å². The Balaban J connectivity index is 1.48. The van der Waals surface area contributed by atoms with E-state index in [1.54, 1.807) is 6.26 Å². The number of nitrogens with zero attached hydrogens (tertiary/aromatic N) is 3. The molecule has 1 aliphatic carbocycles. The summed E-state index contributed by atoms with van der Waals surface area (Å²) in [5.74, 6) is 5.47. The van der Waals surface area contributed by atoms with Crippen LogP contribution >= 0.6 is 0 Å². The third-order valence-electron chi connectivity index (χ3n) is 6.97. The first-order chi connectivity index (χ1) is 15.6. The second kappa shape index (κ2) is 10.9. The second-order valence-electron chi connectivity index (χ2n) is 9.20. The molecular weight excluding hydrogens is 400 g/mol. The zero-order valence-corrected chi connectivity index (χ0v) is 19.7. The molecule has 1 saturated heterocycles. The molecule has 2 fully saturated rings. The van der Waals surface area contributed by atoms with Gasteiger partial charge in [0.1, 0.15) is 11.8 Å². The molecule has 1 aromatic carbocycles. The molecule has 174 valence electrons. The summed E-state index contributed by atoms with van der Waals surface area (Å²) in [6.45, 7) is 9.51. The summed E-state index contributed by atoms with van der Waals surface area (Å²) in [7, 11) is 0. The standard InChI is InChI=1S/C26H38N4O2/c1-21(29-16-14-28(15-17-29)19-23-13-18-31-20-23)26(32-25-11-7-4-8-12-25)22(2)30(27)24-9-5-3-6-10-24/h3,5-6,9-10,13,18,20,22,25H,4,7-8,11-12,14-17,19,27H2,1-2H3/p+1/b26-21-/t22-/m0/s1. The van der Waals surface area contributed by atoms with Crippen LogP contribution in [0, 0.1) is 0 Å². The Morgan fingerprint density at radius 1 is 1.09 bits per heavy atom. The predicted octanol–water partition coefficient (Wildman–Crippen LogP) is 4.03. The van der Waals surface area contributed by atoms with E-state index in [-0.39, 0.29) is 6.04 Å². The van der Waals surface area contributed by atoms with Gasteiger partial charge in [0.05, 0.1) is 30.0 Å². The van der Waals surface area contributed by atoms with Crippen molar-refractivity contribution in [3.63, 3.8) is 0 Å². The lowest BCUT2D eigenvalue weighted by atomic mass is 9.97. The Morgan fingerprint density at radius 3 is 2.47 bits per heavy atom. The number of allylic oxidation sites excluding steroid dienone is 1. The molecule has 0 amide bonds. The zero-order valence-electron chi connectivity index (χ0n) is 19.7. The largest absolute Gasteiger partial charge is 0.491 e. The summed E-state index contributed by atoms with van der Waals surface area (Å²) in [5, 5.41) is 2.09. The van der Waals surface area contributed by atoms with Crippen LogP contribution in [0.2, 0.25) is 0 Å². The molecule has 2 heterocycles. The van der Waals surface area contributed by atoms with Gasteiger partial charge in [-0.15, -0.1) is 0 Å². The van der Waals surface area contributed by atoms with Crippen LogP contribution in [0.5, 0.6) is 0 Å². The molecule has 4 rings (SSSR count). The van der Waals surface area contributed by atoms with Gasteiger partial charge in [0.2, 0.25) is 0 Å². The maximum Gasteiger partial charge on any atom is 0.143 e. The van der Waals surface area contributed by atoms with E-state index in [2.05, 4.69) is 64.8 Å². The number of ether oxygens (including phenoxy) is 1. The van der Waals surface area contributed by atoms with E-state index < -0.39 is 0 Å². The summed E-state index contributed by atoms with van der Waals surface area (Å²) in [6, 6.07) is 12.5. The number of piperazine rings is 1. The van der Waals surface area contributed by atoms with Crippen molar-refractivity contribution in [3.8, 4) is 0 Å². The predicted molar refractivity (Wildman–Crippen MR) is 127 cm³/mol. The molecule has 1 atom stereocenters. The molecule has 0 radical (unpaired) electrons. The van der Waals surface area contributed by atoms with E-state index in [9.17, 15) is 0 Å². The van der Waals surface area contributed by atoms with Crippen molar-refractivity contribution in [2.45, 2.75) is 64.6 Å². The Kier molecular flexibility index (Phi) is 7.76. The minimum Gasteiger partial charge on any atom is -0.491 e. The monoisotopic (exact) mass is 439 g/mol. The number of para-hydroxylation sites is 1. The molecule has 0 unspecified atom stereocenters. The van der Waals surface area contributed by atoms with Gasteiger partial charge in [-0.1, -0.05) is 24.6 Å². The van der Waals surface area contributed by atoms with Crippen LogP contribution in [0.1, 0.15) is 51.5 Å². The number of benzene rings is 1. The molecule has 6 heteroatoms. The van der Waals surface area contributed by atoms with Crippen LogP contribution in [0.25, 0.3) is 0 Å². The van der Waals surface area contributed by atoms with Crippen molar-refractivity contribution in [1.29, 1.82) is 0 Å². The van der Waals surface area contributed by atoms with Crippen molar-refractivity contribution in [2.24, 2.45) is 0 Å². The fourth-order valence-electron chi connectivity index (χ4n) is 4.87. The van der Waals surface area contributed by atoms with E-state index in [1.165, 1.54) is 30.5 Å². The molecule has 0 spiro atoms. The van der Waals surface area contributed by atoms with E-state index in [1.807, 2.05) is 12.3 Å². The van der Waals surface area contributed by atoms with Crippen molar-refractivity contribution in [1.82, 2.24) is 9.80 Å². The fourth-order valence-corrected chi connectivity index (χ4v) is 4.87. The number of anilines is 1. The van der Waals surface area contributed by atoms with E-state index in [0.717, 1.165) is 57.0 Å². The molecule has 2 aliphatic rings. The summed E-state index contributed by atoms with van der Waals surface area (Å²) in [5.41, 5.74) is 3.62. The Labute approximate surface area is 192 Å². The first kappa shape index (κ1) is 22.7. The fraction of sp³-hybridized carbons (Fsp3) is 0.538. The quantitative estimate of drug-likeness (QED) is 0.497. The number of furan rings is 1. The lowest BCUT2D eigenvalue weighted by molar-refractivity contribution is -0.391. The molecule has 32 heavy (non-hydrogen) atoms. The maximum atomic E-state index is 6.75.